The number of hydrogen-bond donors (Lipinski definition) is 0. The molecule has 0 saturated heterocycles. The quantitative estimate of drug-likeness (QED) is 0.726. The number of amides is 1. The Kier molecular flexibility index (Phi) is 3.79. The van der Waals surface area contributed by atoms with E-state index in [1.54, 1.807) is 0 Å². The summed E-state index contributed by atoms with van der Waals surface area (Å²) in [5, 5.41) is 0. The molecule has 0 spiro atoms. The Balaban J connectivity index is 1.69. The molecule has 0 unspecified atom stereocenters. The molecule has 102 valence electrons. The lowest BCUT2D eigenvalue weighted by Gasteiger charge is -2.22. The van der Waals surface area contributed by atoms with Gasteiger partial charge in [-0.15, -0.1) is 11.6 Å². The molecule has 2 fully saturated rings. The van der Waals surface area contributed by atoms with Gasteiger partial charge in [0.2, 0.25) is 0 Å². The van der Waals surface area contributed by atoms with Gasteiger partial charge in [0.1, 0.15) is 0 Å². The smallest absolute Gasteiger partial charge is 0.253 e. The van der Waals surface area contributed by atoms with Gasteiger partial charge in [-0.05, 0) is 55.2 Å². The second-order valence-corrected chi connectivity index (χ2v) is 6.19. The first-order valence-corrected chi connectivity index (χ1v) is 7.74. The highest BCUT2D eigenvalue weighted by Crippen LogP contribution is 2.34. The molecule has 0 heterocycles. The van der Waals surface area contributed by atoms with Gasteiger partial charge >= 0.3 is 0 Å². The van der Waals surface area contributed by atoms with Crippen molar-refractivity contribution in [2.24, 2.45) is 11.8 Å². The van der Waals surface area contributed by atoms with Crippen LogP contribution in [0.2, 0.25) is 0 Å². The van der Waals surface area contributed by atoms with Gasteiger partial charge in [0.25, 0.3) is 5.91 Å². The fourth-order valence-corrected chi connectivity index (χ4v) is 2.56. The minimum atomic E-state index is 0.194. The number of benzene rings is 1. The van der Waals surface area contributed by atoms with Gasteiger partial charge in [-0.25, -0.2) is 0 Å². The van der Waals surface area contributed by atoms with Crippen molar-refractivity contribution in [3.05, 3.63) is 35.4 Å². The maximum absolute atomic E-state index is 12.6. The van der Waals surface area contributed by atoms with Crippen molar-refractivity contribution >= 4 is 17.5 Å². The summed E-state index contributed by atoms with van der Waals surface area (Å²) in [5.41, 5.74) is 1.87. The minimum Gasteiger partial charge on any atom is -0.338 e. The number of carbonyl (C=O) groups excluding carboxylic acids is 1. The molecule has 0 bridgehead atoms. The van der Waals surface area contributed by atoms with Crippen LogP contribution in [0.3, 0.4) is 0 Å². The molecule has 2 nitrogen and oxygen atoms in total. The van der Waals surface area contributed by atoms with E-state index >= 15 is 0 Å². The molecule has 0 aliphatic heterocycles. The molecule has 0 N–H and O–H groups in total. The van der Waals surface area contributed by atoms with Crippen LogP contribution in [0.1, 0.15) is 41.6 Å². The summed E-state index contributed by atoms with van der Waals surface area (Å²) in [4.78, 5) is 14.6. The average Bonchev–Trinajstić information content (AvgIpc) is 3.32. The number of alkyl halides is 1. The molecule has 0 radical (unpaired) electrons. The molecule has 0 aromatic heterocycles. The van der Waals surface area contributed by atoms with Gasteiger partial charge in [0, 0.05) is 24.5 Å². The number of carbonyl (C=O) groups is 1. The second kappa shape index (κ2) is 5.54. The third-order valence-corrected chi connectivity index (χ3v) is 4.30. The first-order valence-electron chi connectivity index (χ1n) is 7.20. The van der Waals surface area contributed by atoms with E-state index in [9.17, 15) is 4.79 Å². The van der Waals surface area contributed by atoms with Crippen molar-refractivity contribution in [1.82, 2.24) is 4.90 Å². The fourth-order valence-electron chi connectivity index (χ4n) is 2.38. The van der Waals surface area contributed by atoms with E-state index in [1.807, 2.05) is 24.3 Å². The summed E-state index contributed by atoms with van der Waals surface area (Å²) in [6, 6.07) is 7.72. The van der Waals surface area contributed by atoms with E-state index in [0.717, 1.165) is 36.1 Å². The summed E-state index contributed by atoms with van der Waals surface area (Å²) in [6.07, 6.45) is 5.17. The molecule has 1 aromatic carbocycles. The zero-order valence-corrected chi connectivity index (χ0v) is 11.9. The number of hydrogen-bond acceptors (Lipinski definition) is 1. The van der Waals surface area contributed by atoms with Gasteiger partial charge in [0.05, 0.1) is 0 Å². The Hall–Kier alpha value is -1.02. The van der Waals surface area contributed by atoms with Crippen molar-refractivity contribution in [2.45, 2.75) is 31.6 Å². The van der Waals surface area contributed by atoms with Crippen LogP contribution in [-0.2, 0) is 5.88 Å². The largest absolute Gasteiger partial charge is 0.338 e. The number of nitrogens with zero attached hydrogens (tertiary/aromatic N) is 1. The van der Waals surface area contributed by atoms with E-state index in [0.29, 0.717) is 5.88 Å². The lowest BCUT2D eigenvalue weighted by atomic mass is 10.1. The number of halogens is 1. The summed E-state index contributed by atoms with van der Waals surface area (Å²) < 4.78 is 0. The zero-order chi connectivity index (χ0) is 13.2. The Morgan fingerprint density at radius 2 is 1.58 bits per heavy atom. The SMILES string of the molecule is O=C(c1ccc(CCl)cc1)N(CC1CC1)CC1CC1. The van der Waals surface area contributed by atoms with Crippen LogP contribution in [0.25, 0.3) is 0 Å². The van der Waals surface area contributed by atoms with Crippen molar-refractivity contribution < 1.29 is 4.79 Å². The Morgan fingerprint density at radius 3 is 2.00 bits per heavy atom. The predicted molar refractivity (Wildman–Crippen MR) is 77.4 cm³/mol. The van der Waals surface area contributed by atoms with Crippen LogP contribution < -0.4 is 0 Å². The predicted octanol–water partition coefficient (Wildman–Crippen LogP) is 3.69. The monoisotopic (exact) mass is 277 g/mol. The Labute approximate surface area is 119 Å². The third-order valence-electron chi connectivity index (χ3n) is 3.99. The van der Waals surface area contributed by atoms with Gasteiger partial charge in [-0.3, -0.25) is 4.79 Å². The van der Waals surface area contributed by atoms with Crippen molar-refractivity contribution in [3.8, 4) is 0 Å². The maximum Gasteiger partial charge on any atom is 0.253 e. The zero-order valence-electron chi connectivity index (χ0n) is 11.1. The Morgan fingerprint density at radius 1 is 1.05 bits per heavy atom. The molecule has 3 rings (SSSR count). The van der Waals surface area contributed by atoms with Crippen LogP contribution >= 0.6 is 11.6 Å². The molecule has 1 amide bonds. The van der Waals surface area contributed by atoms with Crippen LogP contribution in [0.4, 0.5) is 0 Å². The van der Waals surface area contributed by atoms with E-state index in [4.69, 9.17) is 11.6 Å². The molecule has 0 atom stereocenters. The maximum atomic E-state index is 12.6. The van der Waals surface area contributed by atoms with Crippen molar-refractivity contribution in [1.29, 1.82) is 0 Å². The summed E-state index contributed by atoms with van der Waals surface area (Å²) >= 11 is 5.78. The highest BCUT2D eigenvalue weighted by Gasteiger charge is 2.31. The highest BCUT2D eigenvalue weighted by molar-refractivity contribution is 6.17. The molecular weight excluding hydrogens is 258 g/mol. The third kappa shape index (κ3) is 3.50. The van der Waals surface area contributed by atoms with Crippen LogP contribution in [0, 0.1) is 11.8 Å². The minimum absolute atomic E-state index is 0.194. The van der Waals surface area contributed by atoms with Crippen LogP contribution in [-0.4, -0.2) is 23.9 Å². The molecule has 2 saturated carbocycles. The Bertz CT molecular complexity index is 434. The van der Waals surface area contributed by atoms with Gasteiger partial charge in [-0.1, -0.05) is 12.1 Å². The fraction of sp³-hybridized carbons (Fsp3) is 0.562. The molecule has 3 heteroatoms. The first kappa shape index (κ1) is 13.0. The van der Waals surface area contributed by atoms with Gasteiger partial charge in [-0.2, -0.15) is 0 Å². The lowest BCUT2D eigenvalue weighted by molar-refractivity contribution is 0.0739. The highest BCUT2D eigenvalue weighted by atomic mass is 35.5. The molecular formula is C16H20ClNO. The average molecular weight is 278 g/mol. The standard InChI is InChI=1S/C16H20ClNO/c17-9-12-5-7-15(8-6-12)16(19)18(10-13-1-2-13)11-14-3-4-14/h5-8,13-14H,1-4,9-11H2. The van der Waals surface area contributed by atoms with Crippen LogP contribution in [0.5, 0.6) is 0 Å². The topological polar surface area (TPSA) is 20.3 Å². The summed E-state index contributed by atoms with van der Waals surface area (Å²) in [5.74, 6) is 2.21. The van der Waals surface area contributed by atoms with Crippen molar-refractivity contribution in [3.63, 3.8) is 0 Å². The number of rotatable bonds is 6. The second-order valence-electron chi connectivity index (χ2n) is 5.93. The molecule has 2 aliphatic carbocycles. The van der Waals surface area contributed by atoms with E-state index in [-0.39, 0.29) is 5.91 Å². The van der Waals surface area contributed by atoms with Gasteiger partial charge < -0.3 is 4.90 Å². The van der Waals surface area contributed by atoms with Gasteiger partial charge in [0.15, 0.2) is 0 Å². The van der Waals surface area contributed by atoms with Crippen molar-refractivity contribution in [2.75, 3.05) is 13.1 Å². The molecule has 19 heavy (non-hydrogen) atoms. The van der Waals surface area contributed by atoms with Crippen LogP contribution in [0.15, 0.2) is 24.3 Å². The molecule has 2 aliphatic rings. The summed E-state index contributed by atoms with van der Waals surface area (Å²) in [7, 11) is 0. The first-order chi connectivity index (χ1) is 9.26. The lowest BCUT2D eigenvalue weighted by Crippen LogP contribution is -2.34. The molecule has 1 aromatic rings. The van der Waals surface area contributed by atoms with E-state index in [1.165, 1.54) is 25.7 Å². The van der Waals surface area contributed by atoms with E-state index < -0.39 is 0 Å². The normalized spacial score (nSPS) is 18.4. The summed E-state index contributed by atoms with van der Waals surface area (Å²) in [6.45, 7) is 1.90. The van der Waals surface area contributed by atoms with E-state index in [2.05, 4.69) is 4.90 Å².